The second-order valence-corrected chi connectivity index (χ2v) is 9.70. The number of nitrogens with one attached hydrogen (secondary N) is 1. The van der Waals surface area contributed by atoms with Crippen molar-refractivity contribution in [2.75, 3.05) is 36.0 Å². The fourth-order valence-electron chi connectivity index (χ4n) is 3.78. The summed E-state index contributed by atoms with van der Waals surface area (Å²) in [4.78, 5) is 30.3. The first kappa shape index (κ1) is 20.3. The lowest BCUT2D eigenvalue weighted by atomic mass is 10.1. The summed E-state index contributed by atoms with van der Waals surface area (Å²) in [5.74, 6) is 2.37. The van der Waals surface area contributed by atoms with E-state index in [1.165, 1.54) is 27.6 Å². The Morgan fingerprint density at radius 1 is 1.00 bits per heavy atom. The molecule has 154 valence electrons. The maximum atomic E-state index is 12.4. The quantitative estimate of drug-likeness (QED) is 0.766. The van der Waals surface area contributed by atoms with Gasteiger partial charge in [0.1, 0.15) is 0 Å². The summed E-state index contributed by atoms with van der Waals surface area (Å²) in [6.07, 6.45) is 1.45. The van der Waals surface area contributed by atoms with Gasteiger partial charge in [-0.3, -0.25) is 9.59 Å². The molecule has 2 amide bonds. The van der Waals surface area contributed by atoms with Crippen LogP contribution < -0.4 is 10.2 Å². The summed E-state index contributed by atoms with van der Waals surface area (Å²) in [6.45, 7) is 4.14. The predicted octanol–water partition coefficient (Wildman–Crippen LogP) is 3.28. The number of hydrogen-bond donors (Lipinski definition) is 1. The average Bonchev–Trinajstić information content (AvgIpc) is 3.25. The number of fused-ring (bicyclic) bond motifs is 1. The second kappa shape index (κ2) is 9.67. The average molecular weight is 430 g/mol. The molecule has 1 N–H and O–H groups in total. The van der Waals surface area contributed by atoms with E-state index in [4.69, 9.17) is 0 Å². The number of amides is 2. The van der Waals surface area contributed by atoms with Crippen molar-refractivity contribution in [2.24, 2.45) is 0 Å². The number of carbonyl (C=O) groups excluding carboxylic acids is 2. The molecule has 1 aromatic carbocycles. The van der Waals surface area contributed by atoms with Gasteiger partial charge in [-0.05, 0) is 41.1 Å². The van der Waals surface area contributed by atoms with Crippen LogP contribution >= 0.6 is 23.1 Å². The van der Waals surface area contributed by atoms with Gasteiger partial charge < -0.3 is 15.1 Å². The summed E-state index contributed by atoms with van der Waals surface area (Å²) >= 11 is 3.77. The molecule has 0 saturated carbocycles. The third-order valence-electron chi connectivity index (χ3n) is 5.53. The van der Waals surface area contributed by atoms with E-state index < -0.39 is 0 Å². The van der Waals surface area contributed by atoms with Crippen LogP contribution in [0.4, 0.5) is 5.69 Å². The smallest absolute Gasteiger partial charge is 0.223 e. The van der Waals surface area contributed by atoms with Gasteiger partial charge in [-0.15, -0.1) is 11.3 Å². The molecule has 3 heterocycles. The van der Waals surface area contributed by atoms with Gasteiger partial charge in [-0.1, -0.05) is 12.1 Å². The van der Waals surface area contributed by atoms with Crippen LogP contribution in [0.25, 0.3) is 0 Å². The lowest BCUT2D eigenvalue weighted by Gasteiger charge is -2.28. The van der Waals surface area contributed by atoms with Gasteiger partial charge in [0.05, 0.1) is 0 Å². The molecule has 2 aromatic rings. The number of carbonyl (C=O) groups is 2. The van der Waals surface area contributed by atoms with Crippen LogP contribution in [0, 0.1) is 0 Å². The first-order valence-corrected chi connectivity index (χ1v) is 12.2. The number of nitrogens with zero attached hydrogens (tertiary/aromatic N) is 2. The summed E-state index contributed by atoms with van der Waals surface area (Å²) < 4.78 is 0. The first-order valence-electron chi connectivity index (χ1n) is 10.2. The molecule has 1 saturated heterocycles. The predicted molar refractivity (Wildman–Crippen MR) is 121 cm³/mol. The van der Waals surface area contributed by atoms with Crippen LogP contribution in [0.1, 0.15) is 28.8 Å². The molecule has 2 aliphatic heterocycles. The number of hydrogen-bond acceptors (Lipinski definition) is 5. The monoisotopic (exact) mass is 429 g/mol. The van der Waals surface area contributed by atoms with E-state index in [2.05, 4.69) is 45.9 Å². The minimum atomic E-state index is -0.0660. The van der Waals surface area contributed by atoms with Crippen LogP contribution in [0.15, 0.2) is 35.7 Å². The molecular weight excluding hydrogens is 402 g/mol. The van der Waals surface area contributed by atoms with Gasteiger partial charge >= 0.3 is 0 Å². The minimum absolute atomic E-state index is 0.0660. The highest BCUT2D eigenvalue weighted by Gasteiger charge is 2.21. The van der Waals surface area contributed by atoms with Crippen molar-refractivity contribution in [1.82, 2.24) is 10.2 Å². The van der Waals surface area contributed by atoms with Crippen LogP contribution in [-0.2, 0) is 29.1 Å². The molecule has 1 fully saturated rings. The lowest BCUT2D eigenvalue weighted by molar-refractivity contribution is -0.134. The number of thioether (sulfide) groups is 1. The van der Waals surface area contributed by atoms with E-state index in [-0.39, 0.29) is 24.7 Å². The van der Waals surface area contributed by atoms with Crippen molar-refractivity contribution in [1.29, 1.82) is 0 Å². The van der Waals surface area contributed by atoms with Crippen molar-refractivity contribution >= 4 is 40.6 Å². The zero-order chi connectivity index (χ0) is 20.1. The Morgan fingerprint density at radius 2 is 1.79 bits per heavy atom. The van der Waals surface area contributed by atoms with Crippen molar-refractivity contribution in [3.63, 3.8) is 0 Å². The first-order chi connectivity index (χ1) is 14.2. The molecule has 7 heteroatoms. The third kappa shape index (κ3) is 5.34. The SMILES string of the molecule is O=C(CCC(=O)N1CCc2sccc2C1)NCc1ccc(N2CCSCC2)cc1. The largest absolute Gasteiger partial charge is 0.370 e. The zero-order valence-electron chi connectivity index (χ0n) is 16.6. The van der Waals surface area contributed by atoms with E-state index in [1.54, 1.807) is 11.3 Å². The summed E-state index contributed by atoms with van der Waals surface area (Å²) in [7, 11) is 0. The maximum Gasteiger partial charge on any atom is 0.223 e. The molecule has 0 bridgehead atoms. The highest BCUT2D eigenvalue weighted by molar-refractivity contribution is 7.99. The third-order valence-corrected chi connectivity index (χ3v) is 7.49. The topological polar surface area (TPSA) is 52.7 Å². The Kier molecular flexibility index (Phi) is 6.77. The fraction of sp³-hybridized carbons (Fsp3) is 0.455. The van der Waals surface area contributed by atoms with Crippen LogP contribution in [0.2, 0.25) is 0 Å². The Balaban J connectivity index is 1.18. The van der Waals surface area contributed by atoms with Crippen LogP contribution in [0.5, 0.6) is 0 Å². The summed E-state index contributed by atoms with van der Waals surface area (Å²) in [6, 6.07) is 10.5. The number of benzene rings is 1. The van der Waals surface area contributed by atoms with E-state index in [0.29, 0.717) is 13.1 Å². The van der Waals surface area contributed by atoms with Gasteiger partial charge in [-0.2, -0.15) is 11.8 Å². The summed E-state index contributed by atoms with van der Waals surface area (Å²) in [5.41, 5.74) is 3.59. The van der Waals surface area contributed by atoms with Gasteiger partial charge in [0.25, 0.3) is 0 Å². The van der Waals surface area contributed by atoms with Gasteiger partial charge in [0, 0.05) is 67.6 Å². The second-order valence-electron chi connectivity index (χ2n) is 7.48. The fourth-order valence-corrected chi connectivity index (χ4v) is 5.57. The number of thiophene rings is 1. The van der Waals surface area contributed by atoms with E-state index in [0.717, 1.165) is 31.6 Å². The van der Waals surface area contributed by atoms with Gasteiger partial charge in [0.15, 0.2) is 0 Å². The molecule has 4 rings (SSSR count). The molecule has 1 aromatic heterocycles. The van der Waals surface area contributed by atoms with Crippen molar-refractivity contribution in [2.45, 2.75) is 32.4 Å². The molecule has 29 heavy (non-hydrogen) atoms. The molecule has 2 aliphatic rings. The molecular formula is C22H27N3O2S2. The minimum Gasteiger partial charge on any atom is -0.370 e. The van der Waals surface area contributed by atoms with Crippen LogP contribution in [-0.4, -0.2) is 47.9 Å². The van der Waals surface area contributed by atoms with E-state index in [1.807, 2.05) is 16.7 Å². The van der Waals surface area contributed by atoms with E-state index >= 15 is 0 Å². The van der Waals surface area contributed by atoms with Crippen molar-refractivity contribution in [3.8, 4) is 0 Å². The Morgan fingerprint density at radius 3 is 2.59 bits per heavy atom. The normalized spacial score (nSPS) is 16.4. The molecule has 5 nitrogen and oxygen atoms in total. The van der Waals surface area contributed by atoms with Crippen LogP contribution in [0.3, 0.4) is 0 Å². The molecule has 0 spiro atoms. The van der Waals surface area contributed by atoms with Crippen molar-refractivity contribution in [3.05, 3.63) is 51.7 Å². The molecule has 0 unspecified atom stereocenters. The molecule has 0 atom stereocenters. The van der Waals surface area contributed by atoms with Crippen molar-refractivity contribution < 1.29 is 9.59 Å². The number of anilines is 1. The molecule has 0 aliphatic carbocycles. The lowest BCUT2D eigenvalue weighted by Crippen LogP contribution is -2.36. The Labute approximate surface area is 180 Å². The summed E-state index contributed by atoms with van der Waals surface area (Å²) in [5, 5.41) is 5.03. The maximum absolute atomic E-state index is 12.4. The highest BCUT2D eigenvalue weighted by Crippen LogP contribution is 2.24. The van der Waals surface area contributed by atoms with E-state index in [9.17, 15) is 9.59 Å². The Hall–Kier alpha value is -1.99. The zero-order valence-corrected chi connectivity index (χ0v) is 18.2. The van der Waals surface area contributed by atoms with Gasteiger partial charge in [0.2, 0.25) is 11.8 Å². The molecule has 0 radical (unpaired) electrons. The number of rotatable bonds is 6. The highest BCUT2D eigenvalue weighted by atomic mass is 32.2. The van der Waals surface area contributed by atoms with Gasteiger partial charge in [-0.25, -0.2) is 0 Å². The Bertz CT molecular complexity index is 844. The standard InChI is InChI=1S/C22H27N3O2S2/c26-21(5-6-22(27)25-9-7-20-18(16-25)8-12-29-20)23-15-17-1-3-19(4-2-17)24-10-13-28-14-11-24/h1-4,8,12H,5-7,9-11,13-16H2,(H,23,26).